The summed E-state index contributed by atoms with van der Waals surface area (Å²) >= 11 is 1.07. The Balaban J connectivity index is 1.76. The van der Waals surface area contributed by atoms with Crippen LogP contribution < -0.4 is 4.74 Å². The average Bonchev–Trinajstić information content (AvgIpc) is 3.44. The second-order valence-corrected chi connectivity index (χ2v) is 8.22. The molecule has 0 bridgehead atoms. The number of benzene rings is 1. The molecule has 0 aliphatic heterocycles. The zero-order valence-electron chi connectivity index (χ0n) is 18.3. The zero-order chi connectivity index (χ0) is 23.8. The van der Waals surface area contributed by atoms with Crippen molar-refractivity contribution in [3.8, 4) is 17.1 Å². The third kappa shape index (κ3) is 7.01. The van der Waals surface area contributed by atoms with Gasteiger partial charge in [0.2, 0.25) is 5.91 Å². The van der Waals surface area contributed by atoms with Gasteiger partial charge in [0.15, 0.2) is 11.0 Å². The number of hydrogen-bond donors (Lipinski definition) is 0. The summed E-state index contributed by atoms with van der Waals surface area (Å²) in [5, 5.41) is 8.95. The molecule has 0 N–H and O–H groups in total. The number of ether oxygens (including phenoxy) is 1. The molecular formula is C22H25F3N4O3S. The average molecular weight is 483 g/mol. The van der Waals surface area contributed by atoms with Crippen molar-refractivity contribution in [2.24, 2.45) is 0 Å². The maximum Gasteiger partial charge on any atom is 0.406 e. The van der Waals surface area contributed by atoms with E-state index in [2.05, 4.69) is 17.1 Å². The van der Waals surface area contributed by atoms with Crippen LogP contribution in [0.25, 0.3) is 11.4 Å². The van der Waals surface area contributed by atoms with Crippen molar-refractivity contribution in [1.82, 2.24) is 19.7 Å². The van der Waals surface area contributed by atoms with Crippen LogP contribution in [0.4, 0.5) is 13.2 Å². The van der Waals surface area contributed by atoms with Gasteiger partial charge in [0.05, 0.1) is 25.7 Å². The van der Waals surface area contributed by atoms with Crippen LogP contribution in [0.1, 0.15) is 25.5 Å². The normalized spacial score (nSPS) is 11.5. The van der Waals surface area contributed by atoms with Crippen LogP contribution in [0.5, 0.6) is 5.75 Å². The second-order valence-electron chi connectivity index (χ2n) is 7.27. The molecule has 178 valence electrons. The minimum Gasteiger partial charge on any atom is -0.497 e. The van der Waals surface area contributed by atoms with Gasteiger partial charge in [-0.1, -0.05) is 25.1 Å². The van der Waals surface area contributed by atoms with Crippen LogP contribution in [0.2, 0.25) is 0 Å². The lowest BCUT2D eigenvalue weighted by Gasteiger charge is -2.23. The number of amides is 1. The maximum absolute atomic E-state index is 13.0. The number of unbranched alkanes of at least 4 members (excludes halogenated alkanes) is 1. The molecule has 0 saturated carbocycles. The monoisotopic (exact) mass is 482 g/mol. The molecule has 2 heterocycles. The summed E-state index contributed by atoms with van der Waals surface area (Å²) in [6, 6.07) is 10.4. The maximum atomic E-state index is 13.0. The van der Waals surface area contributed by atoms with Gasteiger partial charge in [-0.3, -0.25) is 4.79 Å². The molecule has 0 saturated heterocycles. The van der Waals surface area contributed by atoms with Crippen molar-refractivity contribution in [3.05, 3.63) is 48.4 Å². The SMILES string of the molecule is CCCCn1c(SCC(=O)N(Cc2ccco2)CC(F)(F)F)nnc1-c1ccc(OC)cc1. The van der Waals surface area contributed by atoms with Gasteiger partial charge in [-0.2, -0.15) is 13.2 Å². The minimum absolute atomic E-state index is 0.205. The van der Waals surface area contributed by atoms with Crippen molar-refractivity contribution in [1.29, 1.82) is 0 Å². The summed E-state index contributed by atoms with van der Waals surface area (Å²) in [5.41, 5.74) is 0.828. The Morgan fingerprint density at radius 1 is 1.21 bits per heavy atom. The lowest BCUT2D eigenvalue weighted by Crippen LogP contribution is -2.39. The Labute approximate surface area is 193 Å². The number of carbonyl (C=O) groups excluding carboxylic acids is 1. The molecule has 11 heteroatoms. The van der Waals surface area contributed by atoms with Gasteiger partial charge >= 0.3 is 6.18 Å². The number of alkyl halides is 3. The van der Waals surface area contributed by atoms with Gasteiger partial charge in [0.25, 0.3) is 0 Å². The van der Waals surface area contributed by atoms with E-state index in [-0.39, 0.29) is 18.1 Å². The van der Waals surface area contributed by atoms with Crippen LogP contribution in [-0.4, -0.2) is 51.2 Å². The predicted molar refractivity (Wildman–Crippen MR) is 118 cm³/mol. The van der Waals surface area contributed by atoms with Crippen molar-refractivity contribution in [2.45, 2.75) is 44.2 Å². The van der Waals surface area contributed by atoms with Crippen LogP contribution >= 0.6 is 11.8 Å². The molecule has 0 aliphatic carbocycles. The summed E-state index contributed by atoms with van der Waals surface area (Å²) in [4.78, 5) is 13.4. The number of furan rings is 1. The lowest BCUT2D eigenvalue weighted by atomic mass is 10.2. The Kier molecular flexibility index (Phi) is 8.43. The Morgan fingerprint density at radius 2 is 1.97 bits per heavy atom. The van der Waals surface area contributed by atoms with E-state index in [1.807, 2.05) is 28.8 Å². The van der Waals surface area contributed by atoms with Gasteiger partial charge in [-0.15, -0.1) is 10.2 Å². The van der Waals surface area contributed by atoms with Crippen molar-refractivity contribution >= 4 is 17.7 Å². The smallest absolute Gasteiger partial charge is 0.406 e. The summed E-state index contributed by atoms with van der Waals surface area (Å²) < 4.78 is 51.3. The van der Waals surface area contributed by atoms with Gasteiger partial charge in [-0.05, 0) is 42.8 Å². The minimum atomic E-state index is -4.52. The van der Waals surface area contributed by atoms with Gasteiger partial charge in [0, 0.05) is 12.1 Å². The molecule has 33 heavy (non-hydrogen) atoms. The summed E-state index contributed by atoms with van der Waals surface area (Å²) in [6.07, 6.45) is -1.36. The quantitative estimate of drug-likeness (QED) is 0.357. The lowest BCUT2D eigenvalue weighted by molar-refractivity contribution is -0.161. The van der Waals surface area contributed by atoms with E-state index in [1.54, 1.807) is 13.2 Å². The number of methoxy groups -OCH3 is 1. The van der Waals surface area contributed by atoms with Crippen molar-refractivity contribution < 1.29 is 27.1 Å². The van der Waals surface area contributed by atoms with Gasteiger partial charge < -0.3 is 18.6 Å². The van der Waals surface area contributed by atoms with Gasteiger partial charge in [0.1, 0.15) is 18.1 Å². The molecule has 3 rings (SSSR count). The number of thioether (sulfide) groups is 1. The van der Waals surface area contributed by atoms with E-state index in [0.717, 1.165) is 35.1 Å². The largest absolute Gasteiger partial charge is 0.497 e. The fourth-order valence-corrected chi connectivity index (χ4v) is 3.99. The first-order valence-corrected chi connectivity index (χ1v) is 11.4. The second kappa shape index (κ2) is 11.3. The molecule has 0 spiro atoms. The number of aromatic nitrogens is 3. The van der Waals surface area contributed by atoms with Crippen LogP contribution in [-0.2, 0) is 17.9 Å². The van der Waals surface area contributed by atoms with Crippen molar-refractivity contribution in [2.75, 3.05) is 19.4 Å². The molecule has 0 radical (unpaired) electrons. The summed E-state index contributed by atoms with van der Waals surface area (Å²) in [5.74, 6) is 0.753. The van der Waals surface area contributed by atoms with Crippen LogP contribution in [0.3, 0.4) is 0 Å². The van der Waals surface area contributed by atoms with E-state index in [9.17, 15) is 18.0 Å². The predicted octanol–water partition coefficient (Wildman–Crippen LogP) is 5.03. The standard InChI is InChI=1S/C22H25F3N4O3S/c1-3-4-11-29-20(16-7-9-17(31-2)10-8-16)26-27-21(29)33-14-19(30)28(15-22(23,24)25)13-18-6-5-12-32-18/h5-10,12H,3-4,11,13-15H2,1-2H3. The van der Waals surface area contributed by atoms with E-state index in [0.29, 0.717) is 23.3 Å². The van der Waals surface area contributed by atoms with Gasteiger partial charge in [-0.25, -0.2) is 0 Å². The fourth-order valence-electron chi connectivity index (χ4n) is 3.12. The van der Waals surface area contributed by atoms with Crippen molar-refractivity contribution in [3.63, 3.8) is 0 Å². The number of rotatable bonds is 11. The molecule has 1 amide bonds. The number of nitrogens with zero attached hydrogens (tertiary/aromatic N) is 4. The molecule has 1 aromatic carbocycles. The van der Waals surface area contributed by atoms with Crippen LogP contribution in [0.15, 0.2) is 52.2 Å². The van der Waals surface area contributed by atoms with Crippen LogP contribution in [0, 0.1) is 0 Å². The highest BCUT2D eigenvalue weighted by Gasteiger charge is 2.33. The summed E-state index contributed by atoms with van der Waals surface area (Å²) in [7, 11) is 1.58. The van der Waals surface area contributed by atoms with E-state index in [4.69, 9.17) is 9.15 Å². The van der Waals surface area contributed by atoms with E-state index >= 15 is 0 Å². The third-order valence-corrected chi connectivity index (χ3v) is 5.73. The topological polar surface area (TPSA) is 73.4 Å². The first kappa shape index (κ1) is 24.7. The molecule has 0 aliphatic rings. The van der Waals surface area contributed by atoms with E-state index in [1.165, 1.54) is 12.3 Å². The number of hydrogen-bond acceptors (Lipinski definition) is 6. The number of halogens is 3. The highest BCUT2D eigenvalue weighted by atomic mass is 32.2. The highest BCUT2D eigenvalue weighted by molar-refractivity contribution is 7.99. The molecule has 0 unspecified atom stereocenters. The molecule has 7 nitrogen and oxygen atoms in total. The first-order valence-electron chi connectivity index (χ1n) is 10.4. The first-order chi connectivity index (χ1) is 15.8. The molecule has 0 atom stereocenters. The molecule has 2 aromatic heterocycles. The number of carbonyl (C=O) groups is 1. The Hall–Kier alpha value is -2.95. The zero-order valence-corrected chi connectivity index (χ0v) is 19.2. The molecule has 3 aromatic rings. The third-order valence-electron chi connectivity index (χ3n) is 4.77. The Morgan fingerprint density at radius 3 is 2.58 bits per heavy atom. The fraction of sp³-hybridized carbons (Fsp3) is 0.409. The van der Waals surface area contributed by atoms with E-state index < -0.39 is 18.6 Å². The highest BCUT2D eigenvalue weighted by Crippen LogP contribution is 2.27. The molecular weight excluding hydrogens is 457 g/mol. The Bertz CT molecular complexity index is 1020. The summed E-state index contributed by atoms with van der Waals surface area (Å²) in [6.45, 7) is 1.07. The molecule has 0 fully saturated rings.